The van der Waals surface area contributed by atoms with Crippen molar-refractivity contribution in [2.24, 2.45) is 5.92 Å². The predicted molar refractivity (Wildman–Crippen MR) is 85.0 cm³/mol. The highest BCUT2D eigenvalue weighted by molar-refractivity contribution is 4.93. The number of nitrogens with one attached hydrogen (secondary N) is 1. The summed E-state index contributed by atoms with van der Waals surface area (Å²) in [5.41, 5.74) is -0.0944. The van der Waals surface area contributed by atoms with E-state index in [1.807, 2.05) is 0 Å². The van der Waals surface area contributed by atoms with E-state index in [9.17, 15) is 5.11 Å². The summed E-state index contributed by atoms with van der Waals surface area (Å²) in [5, 5.41) is 13.2. The van der Waals surface area contributed by atoms with Crippen LogP contribution in [-0.4, -0.2) is 36.5 Å². The van der Waals surface area contributed by atoms with E-state index in [0.29, 0.717) is 12.0 Å². The highest BCUT2D eigenvalue weighted by atomic mass is 16.5. The number of aliphatic hydroxyl groups is 1. The number of unbranched alkanes of at least 4 members (excludes halogenated alkanes) is 1. The molecule has 2 N–H and O–H groups in total. The van der Waals surface area contributed by atoms with Gasteiger partial charge in [-0.3, -0.25) is 0 Å². The van der Waals surface area contributed by atoms with Gasteiger partial charge in [0.2, 0.25) is 0 Å². The molecule has 1 aliphatic carbocycles. The van der Waals surface area contributed by atoms with Gasteiger partial charge in [0.25, 0.3) is 0 Å². The van der Waals surface area contributed by atoms with Crippen molar-refractivity contribution >= 4 is 0 Å². The van der Waals surface area contributed by atoms with Crippen molar-refractivity contribution < 1.29 is 9.84 Å². The molecular formula is C17H35NO2. The molecule has 20 heavy (non-hydrogen) atoms. The van der Waals surface area contributed by atoms with Crippen molar-refractivity contribution in [3.8, 4) is 0 Å². The van der Waals surface area contributed by atoms with Gasteiger partial charge >= 0.3 is 0 Å². The molecule has 3 atom stereocenters. The summed E-state index contributed by atoms with van der Waals surface area (Å²) >= 11 is 0. The van der Waals surface area contributed by atoms with Crippen LogP contribution in [0.5, 0.6) is 0 Å². The highest BCUT2D eigenvalue weighted by Crippen LogP contribution is 2.30. The number of ether oxygens (including phenoxy) is 1. The topological polar surface area (TPSA) is 41.5 Å². The molecule has 3 unspecified atom stereocenters. The molecule has 0 radical (unpaired) electrons. The summed E-state index contributed by atoms with van der Waals surface area (Å²) in [7, 11) is 0. The second-order valence-electron chi connectivity index (χ2n) is 6.44. The summed E-state index contributed by atoms with van der Waals surface area (Å²) in [6.45, 7) is 8.67. The quantitative estimate of drug-likeness (QED) is 0.645. The van der Waals surface area contributed by atoms with E-state index in [-0.39, 0.29) is 12.1 Å². The first-order valence-corrected chi connectivity index (χ1v) is 8.67. The fraction of sp³-hybridized carbons (Fsp3) is 1.00. The van der Waals surface area contributed by atoms with Crippen LogP contribution >= 0.6 is 0 Å². The van der Waals surface area contributed by atoms with Crippen molar-refractivity contribution in [1.82, 2.24) is 5.32 Å². The Hall–Kier alpha value is -0.120. The zero-order valence-electron chi connectivity index (χ0n) is 13.8. The first-order valence-electron chi connectivity index (χ1n) is 8.67. The van der Waals surface area contributed by atoms with Crippen LogP contribution in [0.2, 0.25) is 0 Å². The summed E-state index contributed by atoms with van der Waals surface area (Å²) in [4.78, 5) is 0. The van der Waals surface area contributed by atoms with E-state index in [1.165, 1.54) is 25.7 Å². The molecule has 1 saturated carbocycles. The first kappa shape index (κ1) is 17.9. The van der Waals surface area contributed by atoms with E-state index < -0.39 is 0 Å². The lowest BCUT2D eigenvalue weighted by Gasteiger charge is -2.40. The van der Waals surface area contributed by atoms with Gasteiger partial charge in [-0.1, -0.05) is 40.0 Å². The second kappa shape index (κ2) is 9.75. The predicted octanol–water partition coefficient (Wildman–Crippen LogP) is 3.50. The number of rotatable bonds is 10. The molecule has 0 heterocycles. The minimum absolute atomic E-state index is 0.0944. The SMILES string of the molecule is CCCCC(CC)COC1CCCC(CO)(NCC)C1. The van der Waals surface area contributed by atoms with Crippen molar-refractivity contribution in [2.75, 3.05) is 19.8 Å². The monoisotopic (exact) mass is 285 g/mol. The molecule has 1 aliphatic rings. The Morgan fingerprint density at radius 2 is 2.15 bits per heavy atom. The average Bonchev–Trinajstić information content (AvgIpc) is 2.48. The Bertz CT molecular complexity index is 243. The highest BCUT2D eigenvalue weighted by Gasteiger charge is 2.35. The number of hydrogen-bond donors (Lipinski definition) is 2. The van der Waals surface area contributed by atoms with Gasteiger partial charge in [0.15, 0.2) is 0 Å². The molecule has 1 fully saturated rings. The van der Waals surface area contributed by atoms with Gasteiger partial charge in [-0.15, -0.1) is 0 Å². The fourth-order valence-electron chi connectivity index (χ4n) is 3.36. The Kier molecular flexibility index (Phi) is 8.74. The molecule has 0 saturated heterocycles. The lowest BCUT2D eigenvalue weighted by atomic mass is 9.80. The molecule has 3 nitrogen and oxygen atoms in total. The van der Waals surface area contributed by atoms with Crippen LogP contribution in [0, 0.1) is 5.92 Å². The lowest BCUT2D eigenvalue weighted by Crippen LogP contribution is -2.53. The molecule has 1 rings (SSSR count). The zero-order chi connectivity index (χ0) is 14.8. The van der Waals surface area contributed by atoms with Crippen molar-refractivity contribution in [3.05, 3.63) is 0 Å². The number of likely N-dealkylation sites (N-methyl/N-ethyl adjacent to an activating group) is 1. The summed E-state index contributed by atoms with van der Waals surface area (Å²) in [6, 6.07) is 0. The van der Waals surface area contributed by atoms with Crippen molar-refractivity contribution in [2.45, 2.75) is 83.8 Å². The maximum Gasteiger partial charge on any atom is 0.0614 e. The summed E-state index contributed by atoms with van der Waals surface area (Å²) in [5.74, 6) is 0.708. The van der Waals surface area contributed by atoms with E-state index in [2.05, 4.69) is 26.1 Å². The van der Waals surface area contributed by atoms with E-state index >= 15 is 0 Å². The molecule has 0 amide bonds. The maximum atomic E-state index is 9.71. The van der Waals surface area contributed by atoms with Crippen LogP contribution in [0.4, 0.5) is 0 Å². The summed E-state index contributed by atoms with van der Waals surface area (Å²) < 4.78 is 6.19. The fourth-order valence-corrected chi connectivity index (χ4v) is 3.36. The third-order valence-electron chi connectivity index (χ3n) is 4.77. The third kappa shape index (κ3) is 5.71. The molecule has 0 spiro atoms. The van der Waals surface area contributed by atoms with E-state index in [4.69, 9.17) is 4.74 Å². The second-order valence-corrected chi connectivity index (χ2v) is 6.44. The van der Waals surface area contributed by atoms with Crippen molar-refractivity contribution in [1.29, 1.82) is 0 Å². The Morgan fingerprint density at radius 3 is 2.75 bits per heavy atom. The molecule has 0 aliphatic heterocycles. The average molecular weight is 285 g/mol. The normalized spacial score (nSPS) is 28.5. The van der Waals surface area contributed by atoms with Gasteiger partial charge in [0.1, 0.15) is 0 Å². The standard InChI is InChI=1S/C17H35NO2/c1-4-7-9-15(5-2)13-20-16-10-8-11-17(12-16,14-19)18-6-3/h15-16,18-19H,4-14H2,1-3H3. The Morgan fingerprint density at radius 1 is 1.35 bits per heavy atom. The maximum absolute atomic E-state index is 9.71. The third-order valence-corrected chi connectivity index (χ3v) is 4.77. The molecular weight excluding hydrogens is 250 g/mol. The molecule has 0 aromatic rings. The smallest absolute Gasteiger partial charge is 0.0614 e. The van der Waals surface area contributed by atoms with Crippen LogP contribution < -0.4 is 5.32 Å². The molecule has 0 aromatic carbocycles. The Labute approximate surface area is 125 Å². The van der Waals surface area contributed by atoms with E-state index in [1.54, 1.807) is 0 Å². The largest absolute Gasteiger partial charge is 0.394 e. The Balaban J connectivity index is 2.39. The van der Waals surface area contributed by atoms with Gasteiger partial charge in [-0.2, -0.15) is 0 Å². The van der Waals surface area contributed by atoms with Crippen LogP contribution in [0.25, 0.3) is 0 Å². The number of aliphatic hydroxyl groups excluding tert-OH is 1. The van der Waals surface area contributed by atoms with Gasteiger partial charge in [0, 0.05) is 12.1 Å². The molecule has 0 bridgehead atoms. The van der Waals surface area contributed by atoms with Crippen LogP contribution in [0.1, 0.15) is 72.1 Å². The minimum Gasteiger partial charge on any atom is -0.394 e. The summed E-state index contributed by atoms with van der Waals surface area (Å²) in [6.07, 6.45) is 9.75. The zero-order valence-corrected chi connectivity index (χ0v) is 13.8. The number of hydrogen-bond acceptors (Lipinski definition) is 3. The van der Waals surface area contributed by atoms with Crippen LogP contribution in [-0.2, 0) is 4.74 Å². The van der Waals surface area contributed by atoms with Crippen LogP contribution in [0.15, 0.2) is 0 Å². The van der Waals surface area contributed by atoms with Gasteiger partial charge < -0.3 is 15.2 Å². The minimum atomic E-state index is -0.0944. The first-order chi connectivity index (χ1) is 9.69. The van der Waals surface area contributed by atoms with E-state index in [0.717, 1.165) is 38.8 Å². The van der Waals surface area contributed by atoms with Gasteiger partial charge in [-0.25, -0.2) is 0 Å². The molecule has 3 heteroatoms. The van der Waals surface area contributed by atoms with Gasteiger partial charge in [0.05, 0.1) is 12.7 Å². The van der Waals surface area contributed by atoms with Gasteiger partial charge in [-0.05, 0) is 44.6 Å². The van der Waals surface area contributed by atoms with Crippen molar-refractivity contribution in [3.63, 3.8) is 0 Å². The van der Waals surface area contributed by atoms with Crippen LogP contribution in [0.3, 0.4) is 0 Å². The lowest BCUT2D eigenvalue weighted by molar-refractivity contribution is -0.0300. The molecule has 0 aromatic heterocycles. The molecule has 120 valence electrons.